The van der Waals surface area contributed by atoms with E-state index in [0.29, 0.717) is 12.6 Å². The lowest BCUT2D eigenvalue weighted by atomic mass is 9.94. The van der Waals surface area contributed by atoms with Gasteiger partial charge in [-0.3, -0.25) is 4.90 Å². The highest BCUT2D eigenvalue weighted by Crippen LogP contribution is 2.24. The van der Waals surface area contributed by atoms with Gasteiger partial charge < -0.3 is 5.11 Å². The van der Waals surface area contributed by atoms with Crippen LogP contribution < -0.4 is 0 Å². The molecule has 0 bridgehead atoms. The largest absolute Gasteiger partial charge is 0.478 e. The van der Waals surface area contributed by atoms with E-state index in [4.69, 9.17) is 5.11 Å². The second kappa shape index (κ2) is 6.84. The molecule has 1 aromatic carbocycles. The molecule has 0 saturated heterocycles. The number of hydrogen-bond donors (Lipinski definition) is 1. The monoisotopic (exact) mass is 279 g/mol. The molecule has 1 N–H and O–H groups in total. The summed E-state index contributed by atoms with van der Waals surface area (Å²) in [6.07, 6.45) is 6.19. The third-order valence-electron chi connectivity index (χ3n) is 4.09. The van der Waals surface area contributed by atoms with Crippen molar-refractivity contribution in [1.29, 1.82) is 0 Å². The van der Waals surface area contributed by atoms with Crippen LogP contribution in [0.4, 0.5) is 4.39 Å². The molecule has 1 saturated carbocycles. The lowest BCUT2D eigenvalue weighted by Gasteiger charge is -2.33. The van der Waals surface area contributed by atoms with Gasteiger partial charge in [0.15, 0.2) is 0 Å². The maximum atomic E-state index is 13.5. The predicted octanol–water partition coefficient (Wildman–Crippen LogP) is 3.68. The fourth-order valence-corrected chi connectivity index (χ4v) is 3.04. The van der Waals surface area contributed by atoms with Gasteiger partial charge in [-0.15, -0.1) is 0 Å². The Morgan fingerprint density at radius 3 is 2.60 bits per heavy atom. The maximum Gasteiger partial charge on any atom is 0.335 e. The predicted molar refractivity (Wildman–Crippen MR) is 76.3 cm³/mol. The molecule has 110 valence electrons. The highest BCUT2D eigenvalue weighted by atomic mass is 19.1. The van der Waals surface area contributed by atoms with E-state index in [1.807, 2.05) is 0 Å². The number of nitrogens with zero attached hydrogens (tertiary/aromatic N) is 1. The van der Waals surface area contributed by atoms with Crippen molar-refractivity contribution in [3.05, 3.63) is 35.1 Å². The van der Waals surface area contributed by atoms with Crippen LogP contribution in [0.25, 0.3) is 0 Å². The molecular weight excluding hydrogens is 257 g/mol. The second-order valence-corrected chi connectivity index (χ2v) is 5.51. The first-order valence-corrected chi connectivity index (χ1v) is 7.37. The Labute approximate surface area is 119 Å². The van der Waals surface area contributed by atoms with E-state index in [1.54, 1.807) is 6.07 Å². The third kappa shape index (κ3) is 3.79. The molecule has 0 spiro atoms. The van der Waals surface area contributed by atoms with Crippen molar-refractivity contribution in [1.82, 2.24) is 4.90 Å². The SMILES string of the molecule is CCN(Cc1cc(F)cc(C(=O)O)c1)C1CCCCC1. The van der Waals surface area contributed by atoms with E-state index in [9.17, 15) is 9.18 Å². The van der Waals surface area contributed by atoms with Crippen LogP contribution in [0.3, 0.4) is 0 Å². The average Bonchev–Trinajstić information content (AvgIpc) is 2.45. The molecular formula is C16H22FNO2. The number of benzene rings is 1. The zero-order valence-corrected chi connectivity index (χ0v) is 11.9. The fourth-order valence-electron chi connectivity index (χ4n) is 3.04. The van der Waals surface area contributed by atoms with Gasteiger partial charge in [-0.2, -0.15) is 0 Å². The van der Waals surface area contributed by atoms with Crippen LogP contribution in [0.5, 0.6) is 0 Å². The van der Waals surface area contributed by atoms with Crippen molar-refractivity contribution >= 4 is 5.97 Å². The van der Waals surface area contributed by atoms with Crippen molar-refractivity contribution < 1.29 is 14.3 Å². The number of carboxylic acid groups (broad SMARTS) is 1. The number of carbonyl (C=O) groups is 1. The minimum atomic E-state index is -1.08. The highest BCUT2D eigenvalue weighted by Gasteiger charge is 2.20. The smallest absolute Gasteiger partial charge is 0.335 e. The third-order valence-corrected chi connectivity index (χ3v) is 4.09. The van der Waals surface area contributed by atoms with Gasteiger partial charge >= 0.3 is 5.97 Å². The van der Waals surface area contributed by atoms with Crippen molar-refractivity contribution in [2.45, 2.75) is 51.6 Å². The van der Waals surface area contributed by atoms with Gasteiger partial charge in [-0.25, -0.2) is 9.18 Å². The van der Waals surface area contributed by atoms with Gasteiger partial charge in [0.25, 0.3) is 0 Å². The Kier molecular flexibility index (Phi) is 5.12. The Morgan fingerprint density at radius 2 is 2.00 bits per heavy atom. The van der Waals surface area contributed by atoms with Crippen LogP contribution in [-0.4, -0.2) is 28.6 Å². The van der Waals surface area contributed by atoms with E-state index < -0.39 is 11.8 Å². The summed E-state index contributed by atoms with van der Waals surface area (Å²) in [7, 11) is 0. The minimum Gasteiger partial charge on any atom is -0.478 e. The Bertz CT molecular complexity index is 470. The first-order valence-electron chi connectivity index (χ1n) is 7.37. The standard InChI is InChI=1S/C16H22FNO2/c1-2-18(15-6-4-3-5-7-15)11-12-8-13(16(19)20)10-14(17)9-12/h8-10,15H,2-7,11H2,1H3,(H,19,20). The molecule has 1 aliphatic rings. The van der Waals surface area contributed by atoms with Gasteiger partial charge in [0.2, 0.25) is 0 Å². The quantitative estimate of drug-likeness (QED) is 0.894. The molecule has 0 amide bonds. The fraction of sp³-hybridized carbons (Fsp3) is 0.562. The second-order valence-electron chi connectivity index (χ2n) is 5.51. The van der Waals surface area contributed by atoms with Crippen LogP contribution >= 0.6 is 0 Å². The zero-order valence-electron chi connectivity index (χ0n) is 11.9. The molecule has 0 heterocycles. The summed E-state index contributed by atoms with van der Waals surface area (Å²) >= 11 is 0. The van der Waals surface area contributed by atoms with Crippen molar-refractivity contribution in [3.63, 3.8) is 0 Å². The first-order chi connectivity index (χ1) is 9.60. The van der Waals surface area contributed by atoms with Crippen LogP contribution in [0.15, 0.2) is 18.2 Å². The van der Waals surface area contributed by atoms with Gasteiger partial charge in [-0.05, 0) is 43.1 Å². The topological polar surface area (TPSA) is 40.5 Å². The van der Waals surface area contributed by atoms with Crippen molar-refractivity contribution in [2.75, 3.05) is 6.54 Å². The summed E-state index contributed by atoms with van der Waals surface area (Å²) in [6, 6.07) is 4.64. The number of halogens is 1. The molecule has 1 aliphatic carbocycles. The average molecular weight is 279 g/mol. The molecule has 0 aliphatic heterocycles. The maximum absolute atomic E-state index is 13.5. The lowest BCUT2D eigenvalue weighted by molar-refractivity contribution is 0.0696. The zero-order chi connectivity index (χ0) is 14.5. The summed E-state index contributed by atoms with van der Waals surface area (Å²) in [5, 5.41) is 8.99. The minimum absolute atomic E-state index is 0.0275. The van der Waals surface area contributed by atoms with E-state index >= 15 is 0 Å². The molecule has 0 aromatic heterocycles. The summed E-state index contributed by atoms with van der Waals surface area (Å²) in [5.74, 6) is -1.55. The molecule has 0 radical (unpaired) electrons. The Balaban J connectivity index is 2.12. The molecule has 0 unspecified atom stereocenters. The molecule has 2 rings (SSSR count). The highest BCUT2D eigenvalue weighted by molar-refractivity contribution is 5.87. The Morgan fingerprint density at radius 1 is 1.30 bits per heavy atom. The van der Waals surface area contributed by atoms with Crippen LogP contribution in [0.2, 0.25) is 0 Å². The Hall–Kier alpha value is -1.42. The van der Waals surface area contributed by atoms with E-state index in [1.165, 1.54) is 38.2 Å². The van der Waals surface area contributed by atoms with Gasteiger partial charge in [-0.1, -0.05) is 26.2 Å². The first kappa shape index (κ1) is 15.0. The van der Waals surface area contributed by atoms with E-state index in [2.05, 4.69) is 11.8 Å². The van der Waals surface area contributed by atoms with Gasteiger partial charge in [0, 0.05) is 12.6 Å². The van der Waals surface area contributed by atoms with Gasteiger partial charge in [0.1, 0.15) is 5.82 Å². The summed E-state index contributed by atoms with van der Waals surface area (Å²) in [4.78, 5) is 13.3. The molecule has 0 atom stereocenters. The molecule has 4 heteroatoms. The summed E-state index contributed by atoms with van der Waals surface area (Å²) in [5.41, 5.74) is 0.773. The number of hydrogen-bond acceptors (Lipinski definition) is 2. The molecule has 20 heavy (non-hydrogen) atoms. The van der Waals surface area contributed by atoms with Crippen LogP contribution in [0, 0.1) is 5.82 Å². The van der Waals surface area contributed by atoms with E-state index in [-0.39, 0.29) is 5.56 Å². The molecule has 1 aromatic rings. The van der Waals surface area contributed by atoms with E-state index in [0.717, 1.165) is 18.2 Å². The normalized spacial score (nSPS) is 16.6. The van der Waals surface area contributed by atoms with Crippen molar-refractivity contribution in [2.24, 2.45) is 0 Å². The number of rotatable bonds is 5. The van der Waals surface area contributed by atoms with Crippen molar-refractivity contribution in [3.8, 4) is 0 Å². The molecule has 1 fully saturated rings. The van der Waals surface area contributed by atoms with Crippen LogP contribution in [-0.2, 0) is 6.54 Å². The number of aromatic carboxylic acids is 1. The van der Waals surface area contributed by atoms with Crippen LogP contribution in [0.1, 0.15) is 54.9 Å². The van der Waals surface area contributed by atoms with Gasteiger partial charge in [0.05, 0.1) is 5.56 Å². The summed E-state index contributed by atoms with van der Waals surface area (Å²) < 4.78 is 13.5. The lowest BCUT2D eigenvalue weighted by Crippen LogP contribution is -2.36. The number of carboxylic acids is 1. The summed E-state index contributed by atoms with van der Waals surface area (Å²) in [6.45, 7) is 3.63. The molecule has 3 nitrogen and oxygen atoms in total.